The van der Waals surface area contributed by atoms with E-state index in [-0.39, 0.29) is 17.9 Å². The van der Waals surface area contributed by atoms with Gasteiger partial charge in [-0.2, -0.15) is 0 Å². The van der Waals surface area contributed by atoms with Crippen LogP contribution in [0.3, 0.4) is 0 Å². The molecule has 2 fully saturated rings. The van der Waals surface area contributed by atoms with Crippen LogP contribution in [0, 0.1) is 5.92 Å². The molecule has 3 heterocycles. The van der Waals surface area contributed by atoms with E-state index in [1.165, 1.54) is 0 Å². The lowest BCUT2D eigenvalue weighted by molar-refractivity contribution is -0.155. The molecular weight excluding hydrogens is 316 g/mol. The van der Waals surface area contributed by atoms with Crippen molar-refractivity contribution in [2.45, 2.75) is 37.8 Å². The molecule has 25 heavy (non-hydrogen) atoms. The Hall–Kier alpha value is -2.14. The average Bonchev–Trinajstić information content (AvgIpc) is 3.25. The van der Waals surface area contributed by atoms with E-state index in [1.807, 2.05) is 31.2 Å². The van der Waals surface area contributed by atoms with Crippen LogP contribution in [0.1, 0.15) is 31.7 Å². The summed E-state index contributed by atoms with van der Waals surface area (Å²) in [6.45, 7) is 7.25. The molecule has 0 bridgehead atoms. The number of hydrogen-bond donors (Lipinski definition) is 0. The van der Waals surface area contributed by atoms with Crippen molar-refractivity contribution in [2.24, 2.45) is 5.92 Å². The highest BCUT2D eigenvalue weighted by atomic mass is 16.5. The third-order valence-electron chi connectivity index (χ3n) is 5.90. The average molecular weight is 340 g/mol. The van der Waals surface area contributed by atoms with Crippen molar-refractivity contribution in [2.75, 3.05) is 24.6 Å². The maximum absolute atomic E-state index is 13.7. The monoisotopic (exact) mass is 340 g/mol. The Balaban J connectivity index is 1.90. The standard InChI is InChI=1S/C20H24N2O3/c1-3-11-21-17-10-6-5-9-15(17)20(19(21)24)16(18(23)25-4-2)13-14-8-7-12-22(14)20/h3,5-6,9-10,14,16H,1,4,7-8,11-13H2,2H3/t14-,16-,20+/m0/s1. The van der Waals surface area contributed by atoms with Crippen LogP contribution >= 0.6 is 0 Å². The molecule has 3 atom stereocenters. The van der Waals surface area contributed by atoms with E-state index in [4.69, 9.17) is 4.74 Å². The molecule has 0 saturated carbocycles. The van der Waals surface area contributed by atoms with Crippen LogP contribution in [-0.4, -0.2) is 42.5 Å². The number of ether oxygens (including phenoxy) is 1. The fourth-order valence-electron chi connectivity index (χ4n) is 5.08. The number of anilines is 1. The molecule has 1 spiro atoms. The molecule has 0 unspecified atom stereocenters. The maximum Gasteiger partial charge on any atom is 0.311 e. The van der Waals surface area contributed by atoms with Crippen molar-refractivity contribution in [3.8, 4) is 0 Å². The highest BCUT2D eigenvalue weighted by Crippen LogP contribution is 2.57. The number of carbonyl (C=O) groups excluding carboxylic acids is 2. The Kier molecular flexibility index (Phi) is 3.91. The van der Waals surface area contributed by atoms with Gasteiger partial charge in [-0.1, -0.05) is 24.3 Å². The van der Waals surface area contributed by atoms with Gasteiger partial charge in [0.15, 0.2) is 0 Å². The van der Waals surface area contributed by atoms with Gasteiger partial charge in [0.25, 0.3) is 5.91 Å². The number of benzene rings is 1. The van der Waals surface area contributed by atoms with Gasteiger partial charge in [-0.15, -0.1) is 6.58 Å². The van der Waals surface area contributed by atoms with Gasteiger partial charge in [-0.25, -0.2) is 0 Å². The summed E-state index contributed by atoms with van der Waals surface area (Å²) in [4.78, 5) is 30.5. The SMILES string of the molecule is C=CCN1C(=O)[C@@]2(c3ccccc31)[C@H](C(=O)OCC)C[C@@H]1CCCN12. The number of rotatable bonds is 4. The predicted molar refractivity (Wildman–Crippen MR) is 95.1 cm³/mol. The van der Waals surface area contributed by atoms with Gasteiger partial charge < -0.3 is 9.64 Å². The van der Waals surface area contributed by atoms with Crippen LogP contribution in [0.25, 0.3) is 0 Å². The number of fused-ring (bicyclic) bond motifs is 4. The third-order valence-corrected chi connectivity index (χ3v) is 5.90. The van der Waals surface area contributed by atoms with Crippen LogP contribution in [0.15, 0.2) is 36.9 Å². The van der Waals surface area contributed by atoms with E-state index in [2.05, 4.69) is 11.5 Å². The number of amides is 1. The summed E-state index contributed by atoms with van der Waals surface area (Å²) < 4.78 is 5.38. The van der Waals surface area contributed by atoms with Crippen molar-refractivity contribution >= 4 is 17.6 Å². The van der Waals surface area contributed by atoms with Crippen LogP contribution in [-0.2, 0) is 19.9 Å². The molecule has 4 rings (SSSR count). The Morgan fingerprint density at radius 3 is 3.00 bits per heavy atom. The first-order chi connectivity index (χ1) is 12.2. The molecule has 0 radical (unpaired) electrons. The summed E-state index contributed by atoms with van der Waals surface area (Å²) in [7, 11) is 0. The maximum atomic E-state index is 13.7. The van der Waals surface area contributed by atoms with Crippen molar-refractivity contribution in [1.29, 1.82) is 0 Å². The summed E-state index contributed by atoms with van der Waals surface area (Å²) in [5, 5.41) is 0. The summed E-state index contributed by atoms with van der Waals surface area (Å²) in [5.41, 5.74) is 0.936. The minimum Gasteiger partial charge on any atom is -0.466 e. The summed E-state index contributed by atoms with van der Waals surface area (Å²) >= 11 is 0. The quantitative estimate of drug-likeness (QED) is 0.624. The van der Waals surface area contributed by atoms with Gasteiger partial charge in [0, 0.05) is 23.8 Å². The molecule has 3 aliphatic rings. The molecule has 132 valence electrons. The topological polar surface area (TPSA) is 49.9 Å². The molecule has 0 N–H and O–H groups in total. The Bertz CT molecular complexity index is 731. The second-order valence-electron chi connectivity index (χ2n) is 7.02. The molecular formula is C20H24N2O3. The lowest BCUT2D eigenvalue weighted by Gasteiger charge is -2.36. The molecule has 2 saturated heterocycles. The highest BCUT2D eigenvalue weighted by Gasteiger charge is 2.67. The van der Waals surface area contributed by atoms with Gasteiger partial charge >= 0.3 is 5.97 Å². The first-order valence-electron chi connectivity index (χ1n) is 9.12. The molecule has 0 aromatic heterocycles. The van der Waals surface area contributed by atoms with Crippen LogP contribution in [0.2, 0.25) is 0 Å². The minimum absolute atomic E-state index is 0.00365. The fraction of sp³-hybridized carbons (Fsp3) is 0.500. The molecule has 1 amide bonds. The first-order valence-corrected chi connectivity index (χ1v) is 9.12. The Morgan fingerprint density at radius 1 is 1.44 bits per heavy atom. The molecule has 0 aliphatic carbocycles. The number of para-hydroxylation sites is 1. The van der Waals surface area contributed by atoms with Gasteiger partial charge in [0.1, 0.15) is 5.54 Å². The zero-order valence-corrected chi connectivity index (χ0v) is 14.6. The predicted octanol–water partition coefficient (Wildman–Crippen LogP) is 2.46. The van der Waals surface area contributed by atoms with E-state index < -0.39 is 11.5 Å². The van der Waals surface area contributed by atoms with Crippen molar-refractivity contribution in [3.63, 3.8) is 0 Å². The number of hydrogen-bond acceptors (Lipinski definition) is 4. The van der Waals surface area contributed by atoms with Crippen LogP contribution < -0.4 is 4.90 Å². The van der Waals surface area contributed by atoms with Crippen LogP contribution in [0.5, 0.6) is 0 Å². The summed E-state index contributed by atoms with van der Waals surface area (Å²) in [6, 6.07) is 8.14. The van der Waals surface area contributed by atoms with E-state index >= 15 is 0 Å². The first kappa shape index (κ1) is 16.3. The van der Waals surface area contributed by atoms with Gasteiger partial charge in [0.2, 0.25) is 0 Å². The zero-order chi connectivity index (χ0) is 17.6. The number of nitrogens with zero attached hydrogens (tertiary/aromatic N) is 2. The molecule has 3 aliphatic heterocycles. The molecule has 1 aromatic carbocycles. The fourth-order valence-corrected chi connectivity index (χ4v) is 5.08. The zero-order valence-electron chi connectivity index (χ0n) is 14.6. The van der Waals surface area contributed by atoms with Crippen molar-refractivity contribution in [3.05, 3.63) is 42.5 Å². The second-order valence-corrected chi connectivity index (χ2v) is 7.02. The van der Waals surface area contributed by atoms with Crippen molar-refractivity contribution in [1.82, 2.24) is 4.90 Å². The highest BCUT2D eigenvalue weighted by molar-refractivity contribution is 6.10. The smallest absolute Gasteiger partial charge is 0.311 e. The lowest BCUT2D eigenvalue weighted by atomic mass is 9.79. The largest absolute Gasteiger partial charge is 0.466 e. The Morgan fingerprint density at radius 2 is 2.24 bits per heavy atom. The normalized spacial score (nSPS) is 30.6. The van der Waals surface area contributed by atoms with E-state index in [0.717, 1.165) is 30.6 Å². The van der Waals surface area contributed by atoms with Crippen LogP contribution in [0.4, 0.5) is 5.69 Å². The van der Waals surface area contributed by atoms with E-state index in [1.54, 1.807) is 11.0 Å². The Labute approximate surface area is 148 Å². The third kappa shape index (κ3) is 2.05. The number of carbonyl (C=O) groups is 2. The summed E-state index contributed by atoms with van der Waals surface area (Å²) in [6.07, 6.45) is 4.54. The summed E-state index contributed by atoms with van der Waals surface area (Å²) in [5.74, 6) is -0.697. The molecule has 5 nitrogen and oxygen atoms in total. The lowest BCUT2D eigenvalue weighted by Crippen LogP contribution is -2.55. The van der Waals surface area contributed by atoms with E-state index in [9.17, 15) is 9.59 Å². The van der Waals surface area contributed by atoms with Gasteiger partial charge in [-0.05, 0) is 38.8 Å². The van der Waals surface area contributed by atoms with Gasteiger partial charge in [-0.3, -0.25) is 14.5 Å². The molecule has 1 aromatic rings. The van der Waals surface area contributed by atoms with Crippen molar-refractivity contribution < 1.29 is 14.3 Å². The van der Waals surface area contributed by atoms with E-state index in [0.29, 0.717) is 19.6 Å². The van der Waals surface area contributed by atoms with Gasteiger partial charge in [0.05, 0.1) is 12.5 Å². The second kappa shape index (κ2) is 5.99. The molecule has 5 heteroatoms. The minimum atomic E-state index is -0.910. The number of esters is 1.